The van der Waals surface area contributed by atoms with E-state index in [-0.39, 0.29) is 0 Å². The summed E-state index contributed by atoms with van der Waals surface area (Å²) in [5.41, 5.74) is 4.88. The summed E-state index contributed by atoms with van der Waals surface area (Å²) in [6, 6.07) is 6.84. The van der Waals surface area contributed by atoms with E-state index in [1.54, 1.807) is 16.7 Å². The normalized spacial score (nSPS) is 20.3. The maximum Gasteiger partial charge on any atom is -0.0182 e. The van der Waals surface area contributed by atoms with Crippen molar-refractivity contribution >= 4 is 0 Å². The van der Waals surface area contributed by atoms with Gasteiger partial charge in [0.25, 0.3) is 0 Å². The van der Waals surface area contributed by atoms with E-state index in [0.29, 0.717) is 0 Å². The lowest BCUT2D eigenvalue weighted by Gasteiger charge is -2.11. The molecule has 1 unspecified atom stereocenters. The molecule has 1 aromatic carbocycles. The van der Waals surface area contributed by atoms with E-state index < -0.39 is 0 Å². The van der Waals surface area contributed by atoms with Gasteiger partial charge in [0.05, 0.1) is 0 Å². The lowest BCUT2D eigenvalue weighted by atomic mass is 9.95. The Bertz CT molecular complexity index is 299. The fourth-order valence-corrected chi connectivity index (χ4v) is 2.52. The van der Waals surface area contributed by atoms with Crippen molar-refractivity contribution in [1.82, 2.24) is 0 Å². The molecule has 2 rings (SSSR count). The van der Waals surface area contributed by atoms with Crippen molar-refractivity contribution in [2.45, 2.75) is 45.4 Å². The van der Waals surface area contributed by atoms with E-state index in [9.17, 15) is 0 Å². The Kier molecular flexibility index (Phi) is 2.39. The molecule has 0 heterocycles. The Balaban J connectivity index is 2.41. The van der Waals surface area contributed by atoms with Gasteiger partial charge in [-0.1, -0.05) is 38.5 Å². The van der Waals surface area contributed by atoms with Crippen LogP contribution in [-0.2, 0) is 12.8 Å². The summed E-state index contributed by atoms with van der Waals surface area (Å²) in [6.45, 7) is 4.63. The summed E-state index contributed by atoms with van der Waals surface area (Å²) in [6.07, 6.45) is 5.18. The molecule has 0 aliphatic heterocycles. The molecular weight excluding hydrogens is 156 g/mol. The van der Waals surface area contributed by atoms with Crippen LogP contribution in [0.25, 0.3) is 0 Å². The van der Waals surface area contributed by atoms with Gasteiger partial charge in [-0.25, -0.2) is 0 Å². The molecule has 13 heavy (non-hydrogen) atoms. The minimum Gasteiger partial charge on any atom is -0.0651 e. The molecule has 0 N–H and O–H groups in total. The number of hydrogen-bond donors (Lipinski definition) is 0. The summed E-state index contributed by atoms with van der Waals surface area (Å²) in [5, 5.41) is 0. The molecule has 70 valence electrons. The van der Waals surface area contributed by atoms with Crippen LogP contribution in [0.15, 0.2) is 18.2 Å². The highest BCUT2D eigenvalue weighted by Gasteiger charge is 2.20. The van der Waals surface area contributed by atoms with Crippen molar-refractivity contribution in [1.29, 1.82) is 0 Å². The largest absolute Gasteiger partial charge is 0.0651 e. The molecule has 0 bridgehead atoms. The molecular formula is C13H18. The first-order valence-electron chi connectivity index (χ1n) is 5.43. The Morgan fingerprint density at radius 2 is 2.23 bits per heavy atom. The number of benzene rings is 1. The third-order valence-electron chi connectivity index (χ3n) is 3.15. The number of rotatable bonds is 2. The molecule has 0 fully saturated rings. The van der Waals surface area contributed by atoms with Crippen LogP contribution in [0, 0.1) is 0 Å². The second-order valence-corrected chi connectivity index (χ2v) is 4.18. The van der Waals surface area contributed by atoms with Crippen LogP contribution in [0.2, 0.25) is 0 Å². The first-order valence-corrected chi connectivity index (χ1v) is 5.43. The van der Waals surface area contributed by atoms with E-state index in [1.165, 1.54) is 25.7 Å². The average molecular weight is 174 g/mol. The monoisotopic (exact) mass is 174 g/mol. The molecule has 1 atom stereocenters. The van der Waals surface area contributed by atoms with Gasteiger partial charge < -0.3 is 0 Å². The summed E-state index contributed by atoms with van der Waals surface area (Å²) >= 11 is 0. The van der Waals surface area contributed by atoms with Gasteiger partial charge in [0.15, 0.2) is 0 Å². The molecule has 1 aromatic rings. The van der Waals surface area contributed by atoms with Crippen molar-refractivity contribution in [2.75, 3.05) is 0 Å². The van der Waals surface area contributed by atoms with Gasteiger partial charge in [-0.3, -0.25) is 0 Å². The highest BCUT2D eigenvalue weighted by molar-refractivity contribution is 5.41. The summed E-state index contributed by atoms with van der Waals surface area (Å²) in [4.78, 5) is 0. The molecule has 0 saturated carbocycles. The van der Waals surface area contributed by atoms with Gasteiger partial charge in [-0.2, -0.15) is 0 Å². The zero-order valence-corrected chi connectivity index (χ0v) is 8.64. The summed E-state index contributed by atoms with van der Waals surface area (Å²) in [7, 11) is 0. The zero-order valence-electron chi connectivity index (χ0n) is 8.64. The second kappa shape index (κ2) is 3.53. The van der Waals surface area contributed by atoms with Crippen LogP contribution in [-0.4, -0.2) is 0 Å². The maximum absolute atomic E-state index is 2.37. The summed E-state index contributed by atoms with van der Waals surface area (Å²) in [5.74, 6) is 0.803. The van der Waals surface area contributed by atoms with Crippen LogP contribution in [0.3, 0.4) is 0 Å². The second-order valence-electron chi connectivity index (χ2n) is 4.18. The quantitative estimate of drug-likeness (QED) is 0.641. The van der Waals surface area contributed by atoms with Gasteiger partial charge in [-0.05, 0) is 41.9 Å². The van der Waals surface area contributed by atoms with Crippen molar-refractivity contribution < 1.29 is 0 Å². The molecule has 0 heteroatoms. The van der Waals surface area contributed by atoms with E-state index in [4.69, 9.17) is 0 Å². The van der Waals surface area contributed by atoms with Gasteiger partial charge in [0, 0.05) is 0 Å². The van der Waals surface area contributed by atoms with E-state index >= 15 is 0 Å². The van der Waals surface area contributed by atoms with E-state index in [1.807, 2.05) is 0 Å². The highest BCUT2D eigenvalue weighted by atomic mass is 14.2. The SMILES string of the molecule is CCCc1cccc2c1C(C)CC2. The highest BCUT2D eigenvalue weighted by Crippen LogP contribution is 2.35. The lowest BCUT2D eigenvalue weighted by molar-refractivity contribution is 0.737. The van der Waals surface area contributed by atoms with Gasteiger partial charge in [0.2, 0.25) is 0 Å². The molecule has 1 aliphatic rings. The zero-order chi connectivity index (χ0) is 9.26. The topological polar surface area (TPSA) is 0 Å². The molecule has 0 aromatic heterocycles. The van der Waals surface area contributed by atoms with Crippen LogP contribution < -0.4 is 0 Å². The molecule has 0 spiro atoms. The number of hydrogen-bond acceptors (Lipinski definition) is 0. The Hall–Kier alpha value is -0.780. The van der Waals surface area contributed by atoms with Crippen molar-refractivity contribution in [2.24, 2.45) is 0 Å². The van der Waals surface area contributed by atoms with Crippen LogP contribution in [0.5, 0.6) is 0 Å². The van der Waals surface area contributed by atoms with Crippen LogP contribution in [0.1, 0.15) is 49.3 Å². The third kappa shape index (κ3) is 1.50. The molecule has 1 aliphatic carbocycles. The van der Waals surface area contributed by atoms with Crippen molar-refractivity contribution in [3.05, 3.63) is 34.9 Å². The van der Waals surface area contributed by atoms with E-state index in [2.05, 4.69) is 32.0 Å². The minimum atomic E-state index is 0.803. The van der Waals surface area contributed by atoms with E-state index in [0.717, 1.165) is 5.92 Å². The fraction of sp³-hybridized carbons (Fsp3) is 0.538. The average Bonchev–Trinajstić information content (AvgIpc) is 2.50. The van der Waals surface area contributed by atoms with Gasteiger partial charge in [0.1, 0.15) is 0 Å². The van der Waals surface area contributed by atoms with Crippen LogP contribution >= 0.6 is 0 Å². The maximum atomic E-state index is 2.37. The third-order valence-corrected chi connectivity index (χ3v) is 3.15. The number of fused-ring (bicyclic) bond motifs is 1. The number of aryl methyl sites for hydroxylation is 2. The lowest BCUT2D eigenvalue weighted by Crippen LogP contribution is -1.95. The van der Waals surface area contributed by atoms with Crippen molar-refractivity contribution in [3.63, 3.8) is 0 Å². The fourth-order valence-electron chi connectivity index (χ4n) is 2.52. The van der Waals surface area contributed by atoms with Crippen LogP contribution in [0.4, 0.5) is 0 Å². The first-order chi connectivity index (χ1) is 6.33. The molecule has 0 amide bonds. The van der Waals surface area contributed by atoms with Gasteiger partial charge >= 0.3 is 0 Å². The molecule has 0 nitrogen and oxygen atoms in total. The standard InChI is InChI=1S/C13H18/c1-3-5-11-6-4-7-12-9-8-10(2)13(11)12/h4,6-7,10H,3,5,8-9H2,1-2H3. The van der Waals surface area contributed by atoms with Crippen molar-refractivity contribution in [3.8, 4) is 0 Å². The predicted molar refractivity (Wildman–Crippen MR) is 57.2 cm³/mol. The Labute approximate surface area is 81.0 Å². The Morgan fingerprint density at radius 1 is 1.38 bits per heavy atom. The molecule has 0 radical (unpaired) electrons. The van der Waals surface area contributed by atoms with Gasteiger partial charge in [-0.15, -0.1) is 0 Å². The summed E-state index contributed by atoms with van der Waals surface area (Å²) < 4.78 is 0. The first kappa shape index (κ1) is 8.80. The Morgan fingerprint density at radius 3 is 3.00 bits per heavy atom. The molecule has 0 saturated heterocycles. The smallest absolute Gasteiger partial charge is 0.0182 e. The predicted octanol–water partition coefficient (Wildman–Crippen LogP) is 3.69. The minimum absolute atomic E-state index is 0.803.